The first kappa shape index (κ1) is 29.5. The van der Waals surface area contributed by atoms with Crippen molar-refractivity contribution in [1.82, 2.24) is 24.2 Å². The number of piperidine rings is 1. The zero-order valence-corrected chi connectivity index (χ0v) is 23.4. The molecule has 9 nitrogen and oxygen atoms in total. The highest BCUT2D eigenvalue weighted by Crippen LogP contribution is 2.38. The van der Waals surface area contributed by atoms with Crippen molar-refractivity contribution in [2.75, 3.05) is 13.1 Å². The van der Waals surface area contributed by atoms with E-state index in [1.165, 1.54) is 40.1 Å². The van der Waals surface area contributed by atoms with E-state index >= 15 is 0 Å². The number of nitrogens with zero attached hydrogens (tertiary/aromatic N) is 5. The molecular weight excluding hydrogens is 549 g/mol. The summed E-state index contributed by atoms with van der Waals surface area (Å²) in [6.45, 7) is 1.96. The predicted molar refractivity (Wildman–Crippen MR) is 151 cm³/mol. The lowest BCUT2D eigenvalue weighted by Gasteiger charge is -2.39. The lowest BCUT2D eigenvalue weighted by molar-refractivity contribution is -0.162. The van der Waals surface area contributed by atoms with E-state index in [4.69, 9.17) is 5.73 Å². The van der Waals surface area contributed by atoms with Crippen LogP contribution in [-0.4, -0.2) is 60.1 Å². The Morgan fingerprint density at radius 2 is 1.69 bits per heavy atom. The minimum absolute atomic E-state index is 0.0361. The lowest BCUT2D eigenvalue weighted by Crippen LogP contribution is -2.50. The summed E-state index contributed by atoms with van der Waals surface area (Å²) < 4.78 is 44.2. The van der Waals surface area contributed by atoms with Crippen LogP contribution < -0.4 is 11.3 Å². The molecule has 1 aliphatic rings. The fraction of sp³-hybridized carbons (Fsp3) is 0.400. The number of carbonyl (C=O) groups is 1. The van der Waals surface area contributed by atoms with Crippen LogP contribution in [0.15, 0.2) is 65.7 Å². The van der Waals surface area contributed by atoms with Crippen LogP contribution in [0.3, 0.4) is 0 Å². The molecule has 0 unspecified atom stereocenters. The van der Waals surface area contributed by atoms with E-state index in [2.05, 4.69) is 10.1 Å². The predicted octanol–water partition coefficient (Wildman–Crippen LogP) is 3.91. The molecule has 1 saturated heterocycles. The van der Waals surface area contributed by atoms with Gasteiger partial charge in [0.05, 0.1) is 30.1 Å². The summed E-state index contributed by atoms with van der Waals surface area (Å²) in [5.74, 6) is -2.53. The first-order chi connectivity index (χ1) is 19.9. The summed E-state index contributed by atoms with van der Waals surface area (Å²) in [7, 11) is 1.72. The molecule has 2 aromatic carbocycles. The van der Waals surface area contributed by atoms with Crippen molar-refractivity contribution < 1.29 is 23.1 Å². The number of alkyl halides is 3. The number of hydrogen-bond donors (Lipinski definition) is 2. The molecule has 222 valence electrons. The molecule has 0 spiro atoms. The Hall–Kier alpha value is -4.03. The minimum Gasteiger partial charge on any atom is -0.388 e. The molecule has 0 saturated carbocycles. The van der Waals surface area contributed by atoms with E-state index < -0.39 is 35.6 Å². The molecule has 1 fully saturated rings. The molecule has 0 radical (unpaired) electrons. The van der Waals surface area contributed by atoms with Gasteiger partial charge in [-0.25, -0.2) is 4.98 Å². The number of aryl methyl sites for hydroxylation is 1. The summed E-state index contributed by atoms with van der Waals surface area (Å²) in [5.41, 5.74) is 7.27. The molecule has 42 heavy (non-hydrogen) atoms. The smallest absolute Gasteiger partial charge is 0.388 e. The van der Waals surface area contributed by atoms with Gasteiger partial charge in [0.1, 0.15) is 5.52 Å². The summed E-state index contributed by atoms with van der Waals surface area (Å²) in [6.07, 6.45) is -3.70. The van der Waals surface area contributed by atoms with Gasteiger partial charge < -0.3 is 15.7 Å². The van der Waals surface area contributed by atoms with Crippen molar-refractivity contribution in [2.45, 2.75) is 56.5 Å². The van der Waals surface area contributed by atoms with Gasteiger partial charge in [0.2, 0.25) is 5.91 Å². The number of halogens is 3. The minimum atomic E-state index is -4.57. The summed E-state index contributed by atoms with van der Waals surface area (Å²) in [4.78, 5) is 32.1. The molecule has 3 heterocycles. The average Bonchev–Trinajstić information content (AvgIpc) is 3.30. The standard InChI is InChI=1S/C30H33F3N6O3/c1-19(34)20-8-10-22(11-9-20)27-25-26(36-37(27)2)28(41)39(18-35-25)17-29(42)12-14-38(15-13-29)24(40)16-23(30(31,32)33)21-6-4-3-5-7-21/h3-11,18-19,23,42H,12-17,34H2,1-2H3/t19-,23+/m0/s1. The molecule has 12 heteroatoms. The normalized spacial score (nSPS) is 16.9. The number of aromatic nitrogens is 4. The second-order valence-corrected chi connectivity index (χ2v) is 11.1. The zero-order chi connectivity index (χ0) is 30.2. The van der Waals surface area contributed by atoms with Crippen LogP contribution in [0.25, 0.3) is 22.3 Å². The van der Waals surface area contributed by atoms with Gasteiger partial charge in [-0.05, 0) is 30.9 Å². The van der Waals surface area contributed by atoms with Crippen molar-refractivity contribution in [2.24, 2.45) is 12.8 Å². The molecule has 0 aliphatic carbocycles. The van der Waals surface area contributed by atoms with Gasteiger partial charge in [-0.15, -0.1) is 0 Å². The van der Waals surface area contributed by atoms with E-state index in [-0.39, 0.29) is 49.6 Å². The Morgan fingerprint density at radius 3 is 2.29 bits per heavy atom. The maximum absolute atomic E-state index is 13.8. The van der Waals surface area contributed by atoms with Gasteiger partial charge in [0.15, 0.2) is 5.52 Å². The fourth-order valence-corrected chi connectivity index (χ4v) is 5.53. The molecule has 2 atom stereocenters. The summed E-state index contributed by atoms with van der Waals surface area (Å²) in [5, 5.41) is 15.7. The van der Waals surface area contributed by atoms with Crippen molar-refractivity contribution in [3.05, 3.63) is 82.4 Å². The van der Waals surface area contributed by atoms with E-state index in [1.54, 1.807) is 17.8 Å². The Bertz CT molecular complexity index is 1620. The second-order valence-electron chi connectivity index (χ2n) is 11.1. The number of aliphatic hydroxyl groups is 1. The Morgan fingerprint density at radius 1 is 1.05 bits per heavy atom. The first-order valence-electron chi connectivity index (χ1n) is 13.8. The van der Waals surface area contributed by atoms with Crippen molar-refractivity contribution >= 4 is 16.9 Å². The topological polar surface area (TPSA) is 119 Å². The van der Waals surface area contributed by atoms with Crippen LogP contribution in [0.2, 0.25) is 0 Å². The number of nitrogens with two attached hydrogens (primary N) is 1. The third kappa shape index (κ3) is 5.95. The average molecular weight is 583 g/mol. The number of amides is 1. The van der Waals surface area contributed by atoms with Gasteiger partial charge in [-0.1, -0.05) is 54.6 Å². The van der Waals surface area contributed by atoms with Crippen LogP contribution in [0.5, 0.6) is 0 Å². The number of likely N-dealkylation sites (tertiary alicyclic amines) is 1. The lowest BCUT2D eigenvalue weighted by atomic mass is 9.90. The summed E-state index contributed by atoms with van der Waals surface area (Å²) in [6, 6.07) is 14.9. The quantitative estimate of drug-likeness (QED) is 0.341. The Labute approximate surface area is 240 Å². The molecule has 1 amide bonds. The number of carbonyl (C=O) groups excluding carboxylic acids is 1. The number of benzene rings is 2. The molecule has 4 aromatic rings. The molecule has 0 bridgehead atoms. The van der Waals surface area contributed by atoms with E-state index in [9.17, 15) is 27.9 Å². The van der Waals surface area contributed by atoms with Gasteiger partial charge in [-0.3, -0.25) is 18.8 Å². The SMILES string of the molecule is C[C@H](N)c1ccc(-c2c3ncn(CC4(O)CCN(C(=O)C[C@H](c5ccccc5)C(F)(F)F)CC4)c(=O)c3nn2C)cc1. The van der Waals surface area contributed by atoms with Crippen LogP contribution in [0.4, 0.5) is 13.2 Å². The van der Waals surface area contributed by atoms with Crippen LogP contribution in [0, 0.1) is 0 Å². The molecular formula is C30H33F3N6O3. The monoisotopic (exact) mass is 582 g/mol. The van der Waals surface area contributed by atoms with Gasteiger partial charge >= 0.3 is 6.18 Å². The molecule has 2 aromatic heterocycles. The molecule has 5 rings (SSSR count). The zero-order valence-electron chi connectivity index (χ0n) is 23.4. The Kier molecular flexibility index (Phi) is 7.95. The highest BCUT2D eigenvalue weighted by molar-refractivity contribution is 5.89. The molecule has 3 N–H and O–H groups in total. The van der Waals surface area contributed by atoms with Crippen molar-refractivity contribution in [3.8, 4) is 11.3 Å². The first-order valence-corrected chi connectivity index (χ1v) is 13.8. The summed E-state index contributed by atoms with van der Waals surface area (Å²) >= 11 is 0. The Balaban J connectivity index is 1.29. The van der Waals surface area contributed by atoms with Crippen molar-refractivity contribution in [1.29, 1.82) is 0 Å². The maximum atomic E-state index is 13.8. The largest absolute Gasteiger partial charge is 0.396 e. The third-order valence-corrected chi connectivity index (χ3v) is 8.01. The highest BCUT2D eigenvalue weighted by Gasteiger charge is 2.43. The van der Waals surface area contributed by atoms with Crippen LogP contribution in [0.1, 0.15) is 49.3 Å². The van der Waals surface area contributed by atoms with E-state index in [0.29, 0.717) is 11.2 Å². The van der Waals surface area contributed by atoms with Crippen molar-refractivity contribution in [3.63, 3.8) is 0 Å². The van der Waals surface area contributed by atoms with Gasteiger partial charge in [0, 0.05) is 38.2 Å². The van der Waals surface area contributed by atoms with E-state index in [1.807, 2.05) is 31.2 Å². The van der Waals surface area contributed by atoms with Crippen LogP contribution in [-0.2, 0) is 18.4 Å². The number of fused-ring (bicyclic) bond motifs is 1. The maximum Gasteiger partial charge on any atom is 0.396 e. The molecule has 1 aliphatic heterocycles. The third-order valence-electron chi connectivity index (χ3n) is 8.01. The van der Waals surface area contributed by atoms with E-state index in [0.717, 1.165) is 11.1 Å². The number of rotatable bonds is 7. The van der Waals surface area contributed by atoms with Gasteiger partial charge in [-0.2, -0.15) is 18.3 Å². The van der Waals surface area contributed by atoms with Crippen LogP contribution >= 0.6 is 0 Å². The fourth-order valence-electron chi connectivity index (χ4n) is 5.53. The number of hydrogen-bond acceptors (Lipinski definition) is 6. The highest BCUT2D eigenvalue weighted by atomic mass is 19.4. The second kappa shape index (κ2) is 11.3. The van der Waals surface area contributed by atoms with Gasteiger partial charge in [0.25, 0.3) is 5.56 Å².